The number of aromatic amines is 1. The minimum Gasteiger partial charge on any atom is -0.364 e. The van der Waals surface area contributed by atoms with E-state index in [9.17, 15) is 9.59 Å². The first-order chi connectivity index (χ1) is 9.99. The van der Waals surface area contributed by atoms with Crippen molar-refractivity contribution in [3.05, 3.63) is 51.8 Å². The molecule has 0 radical (unpaired) electrons. The number of aromatic nitrogens is 4. The Morgan fingerprint density at radius 2 is 2.00 bits per heavy atom. The number of carbonyl (C=O) groups is 1. The van der Waals surface area contributed by atoms with Crippen LogP contribution in [0.3, 0.4) is 0 Å². The molecule has 1 amide bonds. The normalized spacial score (nSPS) is 11.0. The summed E-state index contributed by atoms with van der Waals surface area (Å²) in [6, 6.07) is 5.63. The highest BCUT2D eigenvalue weighted by atomic mass is 16.2. The van der Waals surface area contributed by atoms with Gasteiger partial charge in [0.25, 0.3) is 5.91 Å². The van der Waals surface area contributed by atoms with Crippen LogP contribution in [0.25, 0.3) is 16.9 Å². The molecule has 0 spiro atoms. The van der Waals surface area contributed by atoms with Crippen LogP contribution in [0.4, 0.5) is 0 Å². The Balaban J connectivity index is 2.35. The molecule has 0 bridgehead atoms. The largest absolute Gasteiger partial charge is 0.364 e. The maximum absolute atomic E-state index is 12.2. The summed E-state index contributed by atoms with van der Waals surface area (Å²) in [4.78, 5) is 34.1. The Labute approximate surface area is 119 Å². The molecule has 2 aromatic heterocycles. The standard InChI is InChI=1S/C14H13N5O2/c1-7-3-4-9(5-8(7)2)19-13-11(18-14(19)21)10(12(15)20)16-6-17-13/h3-6H,1-2H3,(H2,15,20)(H,18,21). The van der Waals surface area contributed by atoms with Gasteiger partial charge in [-0.15, -0.1) is 0 Å². The molecule has 0 saturated heterocycles. The van der Waals surface area contributed by atoms with Crippen LogP contribution in [0.2, 0.25) is 0 Å². The third kappa shape index (κ3) is 1.99. The van der Waals surface area contributed by atoms with Crippen LogP contribution in [0.15, 0.2) is 29.3 Å². The Bertz CT molecular complexity index is 923. The van der Waals surface area contributed by atoms with Crippen molar-refractivity contribution in [2.45, 2.75) is 13.8 Å². The van der Waals surface area contributed by atoms with Gasteiger partial charge < -0.3 is 10.7 Å². The van der Waals surface area contributed by atoms with Crippen molar-refractivity contribution in [2.24, 2.45) is 5.73 Å². The van der Waals surface area contributed by atoms with E-state index in [2.05, 4.69) is 15.0 Å². The van der Waals surface area contributed by atoms with Crippen molar-refractivity contribution in [1.82, 2.24) is 19.5 Å². The van der Waals surface area contributed by atoms with Crippen LogP contribution in [0.1, 0.15) is 21.6 Å². The summed E-state index contributed by atoms with van der Waals surface area (Å²) < 4.78 is 1.40. The average Bonchev–Trinajstić information content (AvgIpc) is 2.77. The van der Waals surface area contributed by atoms with Gasteiger partial charge in [-0.3, -0.25) is 4.79 Å². The molecular weight excluding hydrogens is 270 g/mol. The lowest BCUT2D eigenvalue weighted by atomic mass is 10.1. The molecule has 0 saturated carbocycles. The molecule has 1 aromatic carbocycles. The number of carbonyl (C=O) groups excluding carboxylic acids is 1. The van der Waals surface area contributed by atoms with Gasteiger partial charge >= 0.3 is 5.69 Å². The molecule has 0 aliphatic carbocycles. The Kier molecular flexibility index (Phi) is 2.83. The first-order valence-corrected chi connectivity index (χ1v) is 6.32. The quantitative estimate of drug-likeness (QED) is 0.726. The number of nitrogens with one attached hydrogen (secondary N) is 1. The van der Waals surface area contributed by atoms with Gasteiger partial charge in [-0.25, -0.2) is 19.3 Å². The fourth-order valence-corrected chi connectivity index (χ4v) is 2.21. The summed E-state index contributed by atoms with van der Waals surface area (Å²) in [5, 5.41) is 0. The maximum Gasteiger partial charge on any atom is 0.332 e. The van der Waals surface area contributed by atoms with Gasteiger partial charge in [0.05, 0.1) is 5.69 Å². The molecule has 0 fully saturated rings. The molecule has 3 rings (SSSR count). The number of rotatable bonds is 2. The molecule has 3 aromatic rings. The van der Waals surface area contributed by atoms with E-state index in [1.54, 1.807) is 0 Å². The number of imidazole rings is 1. The van der Waals surface area contributed by atoms with E-state index in [1.807, 2.05) is 32.0 Å². The number of amides is 1. The fraction of sp³-hybridized carbons (Fsp3) is 0.143. The zero-order valence-corrected chi connectivity index (χ0v) is 11.5. The highest BCUT2D eigenvalue weighted by Gasteiger charge is 2.16. The predicted octanol–water partition coefficient (Wildman–Crippen LogP) is 0.825. The summed E-state index contributed by atoms with van der Waals surface area (Å²) in [6.07, 6.45) is 1.22. The van der Waals surface area contributed by atoms with Crippen molar-refractivity contribution < 1.29 is 4.79 Å². The molecule has 7 heteroatoms. The third-order valence-electron chi connectivity index (χ3n) is 3.46. The van der Waals surface area contributed by atoms with E-state index in [0.717, 1.165) is 11.1 Å². The molecule has 0 atom stereocenters. The number of nitrogens with two attached hydrogens (primary N) is 1. The molecule has 106 valence electrons. The molecule has 0 aliphatic rings. The zero-order valence-electron chi connectivity index (χ0n) is 11.5. The summed E-state index contributed by atoms with van der Waals surface area (Å²) in [5.41, 5.74) is 8.29. The molecule has 0 aliphatic heterocycles. The number of aryl methyl sites for hydroxylation is 2. The van der Waals surface area contributed by atoms with Crippen molar-refractivity contribution in [1.29, 1.82) is 0 Å². The van der Waals surface area contributed by atoms with Crippen LogP contribution in [-0.2, 0) is 0 Å². The monoisotopic (exact) mass is 283 g/mol. The lowest BCUT2D eigenvalue weighted by Crippen LogP contribution is -2.15. The summed E-state index contributed by atoms with van der Waals surface area (Å²) in [6.45, 7) is 3.95. The first kappa shape index (κ1) is 13.0. The molecule has 7 nitrogen and oxygen atoms in total. The summed E-state index contributed by atoms with van der Waals surface area (Å²) in [7, 11) is 0. The van der Waals surface area contributed by atoms with Crippen LogP contribution >= 0.6 is 0 Å². The first-order valence-electron chi connectivity index (χ1n) is 6.32. The predicted molar refractivity (Wildman–Crippen MR) is 77.5 cm³/mol. The second-order valence-corrected chi connectivity index (χ2v) is 4.82. The number of benzene rings is 1. The van der Waals surface area contributed by atoms with Gasteiger partial charge in [0.2, 0.25) is 0 Å². The van der Waals surface area contributed by atoms with E-state index < -0.39 is 11.6 Å². The van der Waals surface area contributed by atoms with Gasteiger partial charge in [-0.2, -0.15) is 0 Å². The van der Waals surface area contributed by atoms with Gasteiger partial charge in [-0.1, -0.05) is 6.07 Å². The minimum absolute atomic E-state index is 0.000293. The highest BCUT2D eigenvalue weighted by molar-refractivity contribution is 6.01. The van der Waals surface area contributed by atoms with Crippen LogP contribution in [0, 0.1) is 13.8 Å². The molecule has 3 N–H and O–H groups in total. The van der Waals surface area contributed by atoms with Gasteiger partial charge in [-0.05, 0) is 37.1 Å². The minimum atomic E-state index is -0.712. The second-order valence-electron chi connectivity index (χ2n) is 4.82. The van der Waals surface area contributed by atoms with Crippen molar-refractivity contribution in [2.75, 3.05) is 0 Å². The van der Waals surface area contributed by atoms with E-state index in [0.29, 0.717) is 11.3 Å². The van der Waals surface area contributed by atoms with Crippen molar-refractivity contribution in [3.63, 3.8) is 0 Å². The van der Waals surface area contributed by atoms with E-state index >= 15 is 0 Å². The topological polar surface area (TPSA) is 107 Å². The average molecular weight is 283 g/mol. The molecule has 21 heavy (non-hydrogen) atoms. The number of nitrogens with zero attached hydrogens (tertiary/aromatic N) is 3. The van der Waals surface area contributed by atoms with Gasteiger partial charge in [0, 0.05) is 0 Å². The number of hydrogen-bond donors (Lipinski definition) is 2. The molecule has 0 unspecified atom stereocenters. The Hall–Kier alpha value is -2.96. The Morgan fingerprint density at radius 3 is 2.67 bits per heavy atom. The van der Waals surface area contributed by atoms with Crippen molar-refractivity contribution >= 4 is 17.1 Å². The number of primary amides is 1. The number of hydrogen-bond acceptors (Lipinski definition) is 4. The SMILES string of the molecule is Cc1ccc(-n2c(=O)[nH]c3c(C(N)=O)ncnc32)cc1C. The summed E-state index contributed by atoms with van der Waals surface area (Å²) in [5.74, 6) is -0.712. The lowest BCUT2D eigenvalue weighted by Gasteiger charge is -2.06. The molecule has 2 heterocycles. The van der Waals surface area contributed by atoms with Gasteiger partial charge in [0.1, 0.15) is 11.8 Å². The molecular formula is C14H13N5O2. The Morgan fingerprint density at radius 1 is 1.24 bits per heavy atom. The summed E-state index contributed by atoms with van der Waals surface area (Å²) >= 11 is 0. The maximum atomic E-state index is 12.2. The van der Waals surface area contributed by atoms with Crippen LogP contribution in [-0.4, -0.2) is 25.4 Å². The fourth-order valence-electron chi connectivity index (χ4n) is 2.21. The lowest BCUT2D eigenvalue weighted by molar-refractivity contribution is 0.0997. The van der Waals surface area contributed by atoms with Crippen molar-refractivity contribution in [3.8, 4) is 5.69 Å². The number of fused-ring (bicyclic) bond motifs is 1. The van der Waals surface area contributed by atoms with Crippen LogP contribution in [0.5, 0.6) is 0 Å². The third-order valence-corrected chi connectivity index (χ3v) is 3.46. The smallest absolute Gasteiger partial charge is 0.332 e. The van der Waals surface area contributed by atoms with E-state index in [-0.39, 0.29) is 11.2 Å². The second kappa shape index (κ2) is 4.55. The van der Waals surface area contributed by atoms with E-state index in [4.69, 9.17) is 5.73 Å². The van der Waals surface area contributed by atoms with Crippen LogP contribution < -0.4 is 11.4 Å². The highest BCUT2D eigenvalue weighted by Crippen LogP contribution is 2.17. The van der Waals surface area contributed by atoms with E-state index in [1.165, 1.54) is 10.9 Å². The number of H-pyrrole nitrogens is 1. The van der Waals surface area contributed by atoms with Gasteiger partial charge in [0.15, 0.2) is 11.3 Å². The zero-order chi connectivity index (χ0) is 15.1.